The molecule has 1 rings (SSSR count). The van der Waals surface area contributed by atoms with Gasteiger partial charge in [0, 0.05) is 26.1 Å². The number of benzene rings is 1. The molecule has 7 nitrogen and oxygen atoms in total. The topological polar surface area (TPSA) is 85.3 Å². The van der Waals surface area contributed by atoms with E-state index >= 15 is 0 Å². The highest BCUT2D eigenvalue weighted by molar-refractivity contribution is 5.72. The summed E-state index contributed by atoms with van der Waals surface area (Å²) in [7, 11) is 0. The van der Waals surface area contributed by atoms with Gasteiger partial charge in [0.1, 0.15) is 11.4 Å². The zero-order chi connectivity index (χ0) is 24.7. The van der Waals surface area contributed by atoms with Crippen LogP contribution in [-0.4, -0.2) is 60.1 Å². The fourth-order valence-electron chi connectivity index (χ4n) is 3.33. The molecule has 0 saturated carbocycles. The molecule has 0 saturated heterocycles. The fraction of sp³-hybridized carbons (Fsp3) is 0.692. The van der Waals surface area contributed by atoms with E-state index in [1.165, 1.54) is 19.3 Å². The standard InChI is InChI=1S/C26H43NO6/c1-6-8-9-10-11-17-27(25(30)33-26(3,4)5)18-12-19-32-22-15-13-21(14-16-22)20-23(24(28)29)31-7-2/h13-16,23H,6-12,17-20H2,1-5H3,(H,28,29). The Balaban J connectivity index is 2.50. The highest BCUT2D eigenvalue weighted by atomic mass is 16.6. The van der Waals surface area contributed by atoms with Gasteiger partial charge in [-0.1, -0.05) is 44.7 Å². The summed E-state index contributed by atoms with van der Waals surface area (Å²) >= 11 is 0. The van der Waals surface area contributed by atoms with Gasteiger partial charge in [-0.05, 0) is 58.2 Å². The summed E-state index contributed by atoms with van der Waals surface area (Å²) < 4.78 is 16.7. The molecule has 1 aromatic carbocycles. The summed E-state index contributed by atoms with van der Waals surface area (Å²) in [4.78, 5) is 25.6. The summed E-state index contributed by atoms with van der Waals surface area (Å²) in [5.41, 5.74) is 0.361. The SMILES string of the molecule is CCCCCCCN(CCCOc1ccc(CC(OCC)C(=O)O)cc1)C(=O)OC(C)(C)C. The Morgan fingerprint density at radius 3 is 2.18 bits per heavy atom. The Morgan fingerprint density at radius 2 is 1.61 bits per heavy atom. The van der Waals surface area contributed by atoms with Crippen LogP contribution in [-0.2, 0) is 20.7 Å². The van der Waals surface area contributed by atoms with Crippen LogP contribution >= 0.6 is 0 Å². The van der Waals surface area contributed by atoms with Gasteiger partial charge in [-0.15, -0.1) is 0 Å². The van der Waals surface area contributed by atoms with Crippen molar-refractivity contribution in [1.29, 1.82) is 0 Å². The summed E-state index contributed by atoms with van der Waals surface area (Å²) in [5, 5.41) is 9.22. The van der Waals surface area contributed by atoms with Crippen LogP contribution in [0.5, 0.6) is 5.75 Å². The number of rotatable bonds is 16. The van der Waals surface area contributed by atoms with Crippen molar-refractivity contribution < 1.29 is 28.9 Å². The van der Waals surface area contributed by atoms with E-state index in [-0.39, 0.29) is 6.09 Å². The molecule has 0 spiro atoms. The molecule has 0 heterocycles. The van der Waals surface area contributed by atoms with Gasteiger partial charge in [-0.2, -0.15) is 0 Å². The van der Waals surface area contributed by atoms with Crippen LogP contribution in [0.2, 0.25) is 0 Å². The van der Waals surface area contributed by atoms with Crippen molar-refractivity contribution in [3.05, 3.63) is 29.8 Å². The van der Waals surface area contributed by atoms with E-state index in [2.05, 4.69) is 6.92 Å². The smallest absolute Gasteiger partial charge is 0.410 e. The first-order valence-electron chi connectivity index (χ1n) is 12.2. The van der Waals surface area contributed by atoms with Crippen LogP contribution in [0.15, 0.2) is 24.3 Å². The molecule has 0 aromatic heterocycles. The Hall–Kier alpha value is -2.28. The van der Waals surface area contributed by atoms with Gasteiger partial charge in [0.15, 0.2) is 6.10 Å². The van der Waals surface area contributed by atoms with Crippen molar-refractivity contribution in [3.8, 4) is 5.75 Å². The third-order valence-corrected chi connectivity index (χ3v) is 5.01. The molecule has 188 valence electrons. The molecule has 33 heavy (non-hydrogen) atoms. The molecule has 1 atom stereocenters. The Morgan fingerprint density at radius 1 is 0.970 bits per heavy atom. The van der Waals surface area contributed by atoms with Crippen LogP contribution < -0.4 is 4.74 Å². The maximum absolute atomic E-state index is 12.6. The van der Waals surface area contributed by atoms with E-state index in [9.17, 15) is 14.7 Å². The summed E-state index contributed by atoms with van der Waals surface area (Å²) in [6, 6.07) is 7.38. The second kappa shape index (κ2) is 15.5. The largest absolute Gasteiger partial charge is 0.494 e. The number of carboxylic acid groups (broad SMARTS) is 1. The summed E-state index contributed by atoms with van der Waals surface area (Å²) in [6.07, 6.45) is 5.58. The van der Waals surface area contributed by atoms with Crippen molar-refractivity contribution in [2.24, 2.45) is 0 Å². The van der Waals surface area contributed by atoms with Crippen LogP contribution in [0, 0.1) is 0 Å². The molecule has 1 aromatic rings. The van der Waals surface area contributed by atoms with E-state index < -0.39 is 17.7 Å². The third kappa shape index (κ3) is 13.1. The second-order valence-corrected chi connectivity index (χ2v) is 9.21. The van der Waals surface area contributed by atoms with E-state index in [1.807, 2.05) is 45.0 Å². The molecule has 0 fully saturated rings. The zero-order valence-electron chi connectivity index (χ0n) is 21.1. The molecule has 1 unspecified atom stereocenters. The predicted molar refractivity (Wildman–Crippen MR) is 130 cm³/mol. The lowest BCUT2D eigenvalue weighted by molar-refractivity contribution is -0.149. The molecule has 0 bridgehead atoms. The number of carbonyl (C=O) groups is 2. The number of ether oxygens (including phenoxy) is 3. The van der Waals surface area contributed by atoms with Gasteiger partial charge in [0.2, 0.25) is 0 Å². The van der Waals surface area contributed by atoms with Gasteiger partial charge in [-0.25, -0.2) is 9.59 Å². The van der Waals surface area contributed by atoms with Crippen molar-refractivity contribution in [1.82, 2.24) is 4.90 Å². The molecule has 0 radical (unpaired) electrons. The van der Waals surface area contributed by atoms with Gasteiger partial charge >= 0.3 is 12.1 Å². The molecule has 0 aliphatic carbocycles. The number of amides is 1. The van der Waals surface area contributed by atoms with Gasteiger partial charge < -0.3 is 24.2 Å². The molecular weight excluding hydrogens is 422 g/mol. The lowest BCUT2D eigenvalue weighted by Gasteiger charge is -2.27. The maximum atomic E-state index is 12.6. The minimum absolute atomic E-state index is 0.273. The van der Waals surface area contributed by atoms with Crippen LogP contribution in [0.1, 0.15) is 78.7 Å². The number of hydrogen-bond acceptors (Lipinski definition) is 5. The first-order valence-corrected chi connectivity index (χ1v) is 12.2. The number of carboxylic acids is 1. The molecule has 1 N–H and O–H groups in total. The van der Waals surface area contributed by atoms with E-state index in [1.54, 1.807) is 11.8 Å². The van der Waals surface area contributed by atoms with E-state index in [0.29, 0.717) is 44.9 Å². The number of nitrogens with zero attached hydrogens (tertiary/aromatic N) is 1. The number of carbonyl (C=O) groups excluding carboxylic acids is 1. The van der Waals surface area contributed by atoms with E-state index in [0.717, 1.165) is 18.4 Å². The molecule has 0 aliphatic heterocycles. The monoisotopic (exact) mass is 465 g/mol. The van der Waals surface area contributed by atoms with Gasteiger partial charge in [0.05, 0.1) is 6.61 Å². The average molecular weight is 466 g/mol. The average Bonchev–Trinajstić information content (AvgIpc) is 2.74. The molecule has 7 heteroatoms. The van der Waals surface area contributed by atoms with Gasteiger partial charge in [-0.3, -0.25) is 0 Å². The number of unbranched alkanes of at least 4 members (excludes halogenated alkanes) is 4. The molecule has 0 aliphatic rings. The maximum Gasteiger partial charge on any atom is 0.410 e. The first kappa shape index (κ1) is 28.8. The summed E-state index contributed by atoms with van der Waals surface area (Å²) in [6.45, 7) is 11.7. The van der Waals surface area contributed by atoms with E-state index in [4.69, 9.17) is 14.2 Å². The van der Waals surface area contributed by atoms with Crippen molar-refractivity contribution in [2.45, 2.75) is 91.3 Å². The molecular formula is C26H43NO6. The molecule has 1 amide bonds. The third-order valence-electron chi connectivity index (χ3n) is 5.01. The minimum Gasteiger partial charge on any atom is -0.494 e. The first-order chi connectivity index (χ1) is 15.7. The predicted octanol–water partition coefficient (Wildman–Crippen LogP) is 5.70. The highest BCUT2D eigenvalue weighted by Crippen LogP contribution is 2.16. The lowest BCUT2D eigenvalue weighted by atomic mass is 10.1. The number of aliphatic carboxylic acids is 1. The van der Waals surface area contributed by atoms with Crippen LogP contribution in [0.3, 0.4) is 0 Å². The Bertz CT molecular complexity index is 683. The summed E-state index contributed by atoms with van der Waals surface area (Å²) in [5.74, 6) is -0.248. The van der Waals surface area contributed by atoms with Crippen molar-refractivity contribution in [3.63, 3.8) is 0 Å². The second-order valence-electron chi connectivity index (χ2n) is 9.21. The Labute approximate surface area is 199 Å². The van der Waals surface area contributed by atoms with Crippen molar-refractivity contribution in [2.75, 3.05) is 26.3 Å². The normalized spacial score (nSPS) is 12.3. The van der Waals surface area contributed by atoms with Crippen molar-refractivity contribution >= 4 is 12.1 Å². The fourth-order valence-corrected chi connectivity index (χ4v) is 3.33. The zero-order valence-corrected chi connectivity index (χ0v) is 21.1. The highest BCUT2D eigenvalue weighted by Gasteiger charge is 2.21. The Kier molecular flexibility index (Phi) is 13.5. The quantitative estimate of drug-likeness (QED) is 0.315. The van der Waals surface area contributed by atoms with Crippen LogP contribution in [0.25, 0.3) is 0 Å². The number of hydrogen-bond donors (Lipinski definition) is 1. The van der Waals surface area contributed by atoms with Crippen LogP contribution in [0.4, 0.5) is 4.79 Å². The lowest BCUT2D eigenvalue weighted by Crippen LogP contribution is -2.38. The van der Waals surface area contributed by atoms with Gasteiger partial charge in [0.25, 0.3) is 0 Å². The minimum atomic E-state index is -0.961.